The third-order valence-electron chi connectivity index (χ3n) is 5.18. The molecule has 0 radical (unpaired) electrons. The minimum Gasteiger partial charge on any atom is -0.486 e. The number of nitrogens with one attached hydrogen (secondary N) is 2. The highest BCUT2D eigenvalue weighted by atomic mass is 32.2. The van der Waals surface area contributed by atoms with Crippen molar-refractivity contribution in [2.75, 3.05) is 48.9 Å². The molecule has 0 saturated carbocycles. The van der Waals surface area contributed by atoms with Crippen LogP contribution in [0.1, 0.15) is 12.0 Å². The SMILES string of the molecule is C1CSCCN1.Cc1cc(N)cc2ncnc(Nc3ccc(F)cc3OC3CCOC3)c12. The van der Waals surface area contributed by atoms with E-state index in [1.165, 1.54) is 43.1 Å². The van der Waals surface area contributed by atoms with Crippen LogP contribution in [0.2, 0.25) is 0 Å². The molecule has 7 nitrogen and oxygen atoms in total. The van der Waals surface area contributed by atoms with E-state index in [2.05, 4.69) is 20.6 Å². The van der Waals surface area contributed by atoms with Gasteiger partial charge in [0.25, 0.3) is 0 Å². The van der Waals surface area contributed by atoms with Crippen molar-refractivity contribution in [1.82, 2.24) is 15.3 Å². The molecule has 2 aromatic carbocycles. The second-order valence-corrected chi connectivity index (χ2v) is 8.91. The third-order valence-corrected chi connectivity index (χ3v) is 6.17. The van der Waals surface area contributed by atoms with E-state index in [0.717, 1.165) is 22.9 Å². The van der Waals surface area contributed by atoms with Crippen LogP contribution in [0.25, 0.3) is 10.9 Å². The quantitative estimate of drug-likeness (QED) is 0.508. The Morgan fingerprint density at radius 3 is 2.75 bits per heavy atom. The summed E-state index contributed by atoms with van der Waals surface area (Å²) in [4.78, 5) is 8.64. The first-order chi connectivity index (χ1) is 15.6. The molecule has 5 rings (SSSR count). The van der Waals surface area contributed by atoms with E-state index in [9.17, 15) is 4.39 Å². The van der Waals surface area contributed by atoms with Crippen LogP contribution >= 0.6 is 11.8 Å². The molecule has 170 valence electrons. The predicted octanol–water partition coefficient (Wildman–Crippen LogP) is 3.89. The van der Waals surface area contributed by atoms with Gasteiger partial charge in [-0.25, -0.2) is 14.4 Å². The van der Waals surface area contributed by atoms with Crippen LogP contribution < -0.4 is 21.1 Å². The second-order valence-electron chi connectivity index (χ2n) is 7.69. The lowest BCUT2D eigenvalue weighted by molar-refractivity contribution is 0.141. The number of thioether (sulfide) groups is 1. The van der Waals surface area contributed by atoms with Crippen LogP contribution in [-0.4, -0.2) is 53.9 Å². The molecule has 0 bridgehead atoms. The van der Waals surface area contributed by atoms with E-state index in [-0.39, 0.29) is 11.9 Å². The first kappa shape index (κ1) is 22.6. The minimum absolute atomic E-state index is 0.0824. The molecule has 2 aliphatic heterocycles. The molecule has 1 aromatic heterocycles. The van der Waals surface area contributed by atoms with E-state index in [1.807, 2.05) is 24.8 Å². The first-order valence-corrected chi connectivity index (χ1v) is 11.9. The predicted molar refractivity (Wildman–Crippen MR) is 128 cm³/mol. The lowest BCUT2D eigenvalue weighted by atomic mass is 10.1. The van der Waals surface area contributed by atoms with Gasteiger partial charge in [0.2, 0.25) is 0 Å². The fraction of sp³-hybridized carbons (Fsp3) is 0.391. The standard InChI is InChI=1S/C19H19FN4O2.C4H9NS/c1-11-6-13(21)8-16-18(11)19(23-10-22-16)24-15-3-2-12(20)7-17(15)26-14-4-5-25-9-14;1-3-6-4-2-5-1/h2-3,6-8,10,14H,4-5,9,21H2,1H3,(H,22,23,24);5H,1-4H2. The van der Waals surface area contributed by atoms with Crippen molar-refractivity contribution in [2.24, 2.45) is 0 Å². The number of hydrogen-bond acceptors (Lipinski definition) is 8. The Hall–Kier alpha value is -2.62. The zero-order chi connectivity index (χ0) is 22.3. The van der Waals surface area contributed by atoms with Gasteiger partial charge in [0.15, 0.2) is 0 Å². The number of halogens is 1. The van der Waals surface area contributed by atoms with Gasteiger partial charge in [-0.05, 0) is 36.8 Å². The number of ether oxygens (including phenoxy) is 2. The van der Waals surface area contributed by atoms with Gasteiger partial charge in [0, 0.05) is 48.2 Å². The van der Waals surface area contributed by atoms with Crippen LogP contribution in [0.4, 0.5) is 21.6 Å². The maximum absolute atomic E-state index is 13.7. The lowest BCUT2D eigenvalue weighted by Gasteiger charge is -2.17. The fourth-order valence-corrected chi connectivity index (χ4v) is 4.42. The summed E-state index contributed by atoms with van der Waals surface area (Å²) in [5, 5.41) is 7.38. The average molecular weight is 458 g/mol. The van der Waals surface area contributed by atoms with E-state index in [1.54, 1.807) is 12.1 Å². The molecule has 1 unspecified atom stereocenters. The largest absolute Gasteiger partial charge is 0.486 e. The summed E-state index contributed by atoms with van der Waals surface area (Å²) in [6, 6.07) is 8.06. The molecule has 0 amide bonds. The Morgan fingerprint density at radius 1 is 1.22 bits per heavy atom. The van der Waals surface area contributed by atoms with Crippen molar-refractivity contribution in [2.45, 2.75) is 19.4 Å². The summed E-state index contributed by atoms with van der Waals surface area (Å²) in [6.07, 6.45) is 2.17. The van der Waals surface area contributed by atoms with Gasteiger partial charge >= 0.3 is 0 Å². The fourth-order valence-electron chi connectivity index (χ4n) is 3.64. The maximum Gasteiger partial charge on any atom is 0.146 e. The van der Waals surface area contributed by atoms with Gasteiger partial charge in [0.05, 0.1) is 24.4 Å². The lowest BCUT2D eigenvalue weighted by Crippen LogP contribution is -2.24. The Morgan fingerprint density at radius 2 is 2.06 bits per heavy atom. The highest BCUT2D eigenvalue weighted by Gasteiger charge is 2.20. The Labute approximate surface area is 191 Å². The topological polar surface area (TPSA) is 94.3 Å². The monoisotopic (exact) mass is 457 g/mol. The minimum atomic E-state index is -0.360. The average Bonchev–Trinajstić information content (AvgIpc) is 3.30. The van der Waals surface area contributed by atoms with Crippen LogP contribution in [0.3, 0.4) is 0 Å². The molecular weight excluding hydrogens is 429 g/mol. The first-order valence-electron chi connectivity index (χ1n) is 10.7. The summed E-state index contributed by atoms with van der Waals surface area (Å²) in [6.45, 7) is 5.53. The summed E-state index contributed by atoms with van der Waals surface area (Å²) in [5.74, 6) is 3.30. The van der Waals surface area contributed by atoms with Crippen molar-refractivity contribution in [3.8, 4) is 5.75 Å². The number of hydrogen-bond donors (Lipinski definition) is 3. The van der Waals surface area contributed by atoms with Gasteiger partial charge in [-0.2, -0.15) is 11.8 Å². The van der Waals surface area contributed by atoms with E-state index in [4.69, 9.17) is 15.2 Å². The zero-order valence-corrected chi connectivity index (χ0v) is 18.9. The number of anilines is 3. The number of nitrogens with zero attached hydrogens (tertiary/aromatic N) is 2. The van der Waals surface area contributed by atoms with Gasteiger partial charge in [-0.3, -0.25) is 0 Å². The highest BCUT2D eigenvalue weighted by Crippen LogP contribution is 2.33. The van der Waals surface area contributed by atoms with Crippen LogP contribution in [0.5, 0.6) is 5.75 Å². The molecule has 2 saturated heterocycles. The summed E-state index contributed by atoms with van der Waals surface area (Å²) in [7, 11) is 0. The van der Waals surface area contributed by atoms with Gasteiger partial charge in [0.1, 0.15) is 29.8 Å². The molecule has 2 fully saturated rings. The summed E-state index contributed by atoms with van der Waals surface area (Å²) in [5.41, 5.74) is 8.88. The van der Waals surface area contributed by atoms with Crippen LogP contribution in [0, 0.1) is 12.7 Å². The molecule has 0 aliphatic carbocycles. The second kappa shape index (κ2) is 10.8. The highest BCUT2D eigenvalue weighted by molar-refractivity contribution is 7.99. The molecular formula is C23H28FN5O2S. The Kier molecular flexibility index (Phi) is 7.62. The zero-order valence-electron chi connectivity index (χ0n) is 18.1. The number of rotatable bonds is 4. The molecule has 3 aromatic rings. The number of fused-ring (bicyclic) bond motifs is 1. The van der Waals surface area contributed by atoms with E-state index < -0.39 is 0 Å². The third kappa shape index (κ3) is 5.79. The number of aromatic nitrogens is 2. The smallest absolute Gasteiger partial charge is 0.146 e. The number of aryl methyl sites for hydroxylation is 1. The van der Waals surface area contributed by atoms with Crippen LogP contribution in [0.15, 0.2) is 36.7 Å². The normalized spacial score (nSPS) is 18.1. The molecule has 3 heterocycles. The van der Waals surface area contributed by atoms with Crippen molar-refractivity contribution in [1.29, 1.82) is 0 Å². The molecule has 0 spiro atoms. The van der Waals surface area contributed by atoms with E-state index in [0.29, 0.717) is 36.2 Å². The Balaban J connectivity index is 0.000000354. The van der Waals surface area contributed by atoms with Crippen LogP contribution in [-0.2, 0) is 4.74 Å². The summed E-state index contributed by atoms with van der Waals surface area (Å²) >= 11 is 2.03. The molecule has 4 N–H and O–H groups in total. The van der Waals surface area contributed by atoms with Gasteiger partial charge in [-0.1, -0.05) is 0 Å². The van der Waals surface area contributed by atoms with Crippen molar-refractivity contribution >= 4 is 39.9 Å². The number of benzene rings is 2. The van der Waals surface area contributed by atoms with Crippen molar-refractivity contribution in [3.05, 3.63) is 48.0 Å². The summed E-state index contributed by atoms with van der Waals surface area (Å²) < 4.78 is 25.0. The van der Waals surface area contributed by atoms with E-state index >= 15 is 0 Å². The Bertz CT molecular complexity index is 1050. The molecule has 9 heteroatoms. The molecule has 32 heavy (non-hydrogen) atoms. The van der Waals surface area contributed by atoms with Gasteiger partial charge in [-0.15, -0.1) is 0 Å². The van der Waals surface area contributed by atoms with Crippen molar-refractivity contribution < 1.29 is 13.9 Å². The molecule has 2 aliphatic rings. The number of nitrogens with two attached hydrogens (primary N) is 1. The number of nitrogen functional groups attached to an aromatic ring is 1. The molecule has 1 atom stereocenters. The maximum atomic E-state index is 13.7. The van der Waals surface area contributed by atoms with Crippen molar-refractivity contribution in [3.63, 3.8) is 0 Å². The van der Waals surface area contributed by atoms with Gasteiger partial charge < -0.3 is 25.8 Å².